The zero-order chi connectivity index (χ0) is 17.3. The molecule has 1 aliphatic heterocycles. The van der Waals surface area contributed by atoms with Gasteiger partial charge in [-0.15, -0.1) is 0 Å². The van der Waals surface area contributed by atoms with Crippen molar-refractivity contribution < 1.29 is 14.7 Å². The molecule has 0 radical (unpaired) electrons. The number of aryl methyl sites for hydroxylation is 1. The van der Waals surface area contributed by atoms with Crippen molar-refractivity contribution in [1.82, 2.24) is 14.0 Å². The van der Waals surface area contributed by atoms with Crippen molar-refractivity contribution in [2.45, 2.75) is 19.0 Å². The lowest BCUT2D eigenvalue weighted by molar-refractivity contribution is -0.140. The van der Waals surface area contributed by atoms with Gasteiger partial charge in [0.1, 0.15) is 6.54 Å². The number of carbonyl (C=O) groups is 2. The smallest absolute Gasteiger partial charge is 0.329 e. The van der Waals surface area contributed by atoms with E-state index < -0.39 is 5.97 Å². The highest BCUT2D eigenvalue weighted by atomic mass is 32.2. The number of carboxylic acids is 1. The largest absolute Gasteiger partial charge is 0.481 e. The normalized spacial score (nSPS) is 18.0. The summed E-state index contributed by atoms with van der Waals surface area (Å²) in [6, 6.07) is 7.00. The number of amides is 1. The molecule has 1 aromatic carbocycles. The highest BCUT2D eigenvalue weighted by molar-refractivity contribution is 7.99. The van der Waals surface area contributed by atoms with Crippen molar-refractivity contribution in [2.24, 2.45) is 7.05 Å². The molecule has 1 unspecified atom stereocenters. The summed E-state index contributed by atoms with van der Waals surface area (Å²) in [6.45, 7) is 0.446. The summed E-state index contributed by atoms with van der Waals surface area (Å²) < 4.78 is 2.97. The van der Waals surface area contributed by atoms with Gasteiger partial charge >= 0.3 is 11.7 Å². The number of imidazole rings is 1. The van der Waals surface area contributed by atoms with Crippen LogP contribution in [0.5, 0.6) is 0 Å². The second kappa shape index (κ2) is 6.72. The van der Waals surface area contributed by atoms with Crippen molar-refractivity contribution in [3.05, 3.63) is 34.7 Å². The minimum absolute atomic E-state index is 0.0663. The van der Waals surface area contributed by atoms with Crippen LogP contribution in [0.1, 0.15) is 6.42 Å². The Hall–Kier alpha value is -2.22. The number of fused-ring (bicyclic) bond motifs is 1. The molecule has 8 heteroatoms. The summed E-state index contributed by atoms with van der Waals surface area (Å²) in [7, 11) is 1.68. The van der Waals surface area contributed by atoms with Gasteiger partial charge in [-0.2, -0.15) is 11.8 Å². The Bertz CT molecular complexity index is 841. The van der Waals surface area contributed by atoms with E-state index in [2.05, 4.69) is 0 Å². The van der Waals surface area contributed by atoms with Gasteiger partial charge in [-0.05, 0) is 12.1 Å². The number of hydrogen-bond acceptors (Lipinski definition) is 4. The Morgan fingerprint density at radius 3 is 2.71 bits per heavy atom. The molecule has 1 aliphatic rings. The monoisotopic (exact) mass is 349 g/mol. The number of benzene rings is 1. The summed E-state index contributed by atoms with van der Waals surface area (Å²) in [5.41, 5.74) is 1.23. The number of hydrogen-bond donors (Lipinski definition) is 1. The number of thioether (sulfide) groups is 1. The Balaban J connectivity index is 1.88. The quantitative estimate of drug-likeness (QED) is 0.881. The molecule has 1 aromatic heterocycles. The minimum Gasteiger partial charge on any atom is -0.481 e. The van der Waals surface area contributed by atoms with Crippen molar-refractivity contribution in [3.8, 4) is 0 Å². The molecule has 0 aliphatic carbocycles. The van der Waals surface area contributed by atoms with E-state index in [1.165, 1.54) is 9.13 Å². The Kier molecular flexibility index (Phi) is 4.66. The lowest BCUT2D eigenvalue weighted by Gasteiger charge is -2.34. The molecule has 0 saturated carbocycles. The maximum Gasteiger partial charge on any atom is 0.329 e. The summed E-state index contributed by atoms with van der Waals surface area (Å²) in [6.07, 6.45) is -0.0663. The van der Waals surface area contributed by atoms with Crippen molar-refractivity contribution in [2.75, 3.05) is 18.1 Å². The second-order valence-electron chi connectivity index (χ2n) is 5.83. The van der Waals surface area contributed by atoms with Crippen LogP contribution in [0.3, 0.4) is 0 Å². The molecule has 2 heterocycles. The zero-order valence-electron chi connectivity index (χ0n) is 13.3. The average molecular weight is 349 g/mol. The first-order chi connectivity index (χ1) is 11.5. The first kappa shape index (κ1) is 16.6. The maximum atomic E-state index is 12.7. The predicted octanol–water partition coefficient (Wildman–Crippen LogP) is 0.759. The molecule has 1 fully saturated rings. The summed E-state index contributed by atoms with van der Waals surface area (Å²) in [4.78, 5) is 37.8. The van der Waals surface area contributed by atoms with Crippen molar-refractivity contribution >= 4 is 34.7 Å². The minimum atomic E-state index is -0.914. The van der Waals surface area contributed by atoms with Crippen LogP contribution in [-0.2, 0) is 23.2 Å². The molecule has 7 nitrogen and oxygen atoms in total. The number of aromatic nitrogens is 2. The van der Waals surface area contributed by atoms with E-state index in [0.29, 0.717) is 17.8 Å². The number of rotatable bonds is 4. The molecular formula is C16H19N3O4S. The average Bonchev–Trinajstić information content (AvgIpc) is 2.80. The van der Waals surface area contributed by atoms with E-state index in [-0.39, 0.29) is 30.6 Å². The van der Waals surface area contributed by atoms with Crippen LogP contribution in [0.2, 0.25) is 0 Å². The third-order valence-electron chi connectivity index (χ3n) is 4.30. The molecule has 1 atom stereocenters. The topological polar surface area (TPSA) is 84.5 Å². The number of para-hydroxylation sites is 2. The fourth-order valence-electron chi connectivity index (χ4n) is 3.10. The number of carbonyl (C=O) groups excluding carboxylic acids is 1. The van der Waals surface area contributed by atoms with E-state index in [4.69, 9.17) is 5.11 Å². The van der Waals surface area contributed by atoms with Crippen LogP contribution in [-0.4, -0.2) is 55.1 Å². The summed E-state index contributed by atoms with van der Waals surface area (Å²) in [5.74, 6) is 0.275. The maximum absolute atomic E-state index is 12.7. The van der Waals surface area contributed by atoms with E-state index in [0.717, 1.165) is 11.3 Å². The van der Waals surface area contributed by atoms with E-state index in [9.17, 15) is 14.4 Å². The van der Waals surface area contributed by atoms with Gasteiger partial charge in [-0.25, -0.2) is 4.79 Å². The van der Waals surface area contributed by atoms with Gasteiger partial charge < -0.3 is 10.0 Å². The Morgan fingerprint density at radius 1 is 1.29 bits per heavy atom. The van der Waals surface area contributed by atoms with Crippen LogP contribution >= 0.6 is 11.8 Å². The van der Waals surface area contributed by atoms with Crippen molar-refractivity contribution in [1.29, 1.82) is 0 Å². The van der Waals surface area contributed by atoms with E-state index in [1.54, 1.807) is 23.7 Å². The molecule has 24 heavy (non-hydrogen) atoms. The van der Waals surface area contributed by atoms with E-state index >= 15 is 0 Å². The number of carboxylic acid groups (broad SMARTS) is 1. The SMILES string of the molecule is Cn1c(=O)n(CC(=O)N2CCSCC2CC(=O)O)c2ccccc21. The first-order valence-corrected chi connectivity index (χ1v) is 8.87. The third-order valence-corrected chi connectivity index (χ3v) is 5.39. The third kappa shape index (κ3) is 3.06. The molecule has 3 rings (SSSR count). The predicted molar refractivity (Wildman–Crippen MR) is 92.3 cm³/mol. The molecular weight excluding hydrogens is 330 g/mol. The second-order valence-corrected chi connectivity index (χ2v) is 6.98. The summed E-state index contributed by atoms with van der Waals surface area (Å²) in [5, 5.41) is 9.04. The molecule has 2 aromatic rings. The van der Waals surface area contributed by atoms with Gasteiger partial charge in [0.05, 0.1) is 23.5 Å². The molecule has 128 valence electrons. The fourth-order valence-corrected chi connectivity index (χ4v) is 4.16. The molecule has 0 bridgehead atoms. The molecule has 1 saturated heterocycles. The standard InChI is InChI=1S/C16H19N3O4S/c1-17-12-4-2-3-5-13(12)19(16(17)23)9-14(20)18-6-7-24-10-11(18)8-15(21)22/h2-5,11H,6-10H2,1H3,(H,21,22). The number of nitrogens with zero attached hydrogens (tertiary/aromatic N) is 3. The summed E-state index contributed by atoms with van der Waals surface area (Å²) >= 11 is 1.65. The molecule has 1 amide bonds. The van der Waals surface area contributed by atoms with E-state index in [1.807, 2.05) is 24.3 Å². The Labute approximate surface area is 142 Å². The first-order valence-electron chi connectivity index (χ1n) is 7.72. The van der Waals surface area contributed by atoms with Gasteiger partial charge in [0.25, 0.3) is 0 Å². The Morgan fingerprint density at radius 2 is 2.00 bits per heavy atom. The van der Waals surface area contributed by atoms with Crippen LogP contribution < -0.4 is 5.69 Å². The number of aliphatic carboxylic acids is 1. The lowest BCUT2D eigenvalue weighted by Crippen LogP contribution is -2.48. The van der Waals surface area contributed by atoms with Crippen LogP contribution in [0, 0.1) is 0 Å². The highest BCUT2D eigenvalue weighted by Crippen LogP contribution is 2.20. The van der Waals surface area contributed by atoms with Gasteiger partial charge in [0.15, 0.2) is 0 Å². The van der Waals surface area contributed by atoms with Crippen LogP contribution in [0.15, 0.2) is 29.1 Å². The zero-order valence-corrected chi connectivity index (χ0v) is 14.2. The lowest BCUT2D eigenvalue weighted by atomic mass is 10.2. The van der Waals surface area contributed by atoms with Gasteiger partial charge in [-0.3, -0.25) is 18.7 Å². The molecule has 0 spiro atoms. The van der Waals surface area contributed by atoms with Crippen molar-refractivity contribution in [3.63, 3.8) is 0 Å². The highest BCUT2D eigenvalue weighted by Gasteiger charge is 2.29. The van der Waals surface area contributed by atoms with Gasteiger partial charge in [0.2, 0.25) is 5.91 Å². The fraction of sp³-hybridized carbons (Fsp3) is 0.438. The molecule has 1 N–H and O–H groups in total. The van der Waals surface area contributed by atoms with Gasteiger partial charge in [-0.1, -0.05) is 12.1 Å². The van der Waals surface area contributed by atoms with Crippen LogP contribution in [0.25, 0.3) is 11.0 Å². The van der Waals surface area contributed by atoms with Crippen LogP contribution in [0.4, 0.5) is 0 Å². The van der Waals surface area contributed by atoms with Gasteiger partial charge in [0, 0.05) is 25.1 Å².